The molecule has 3 heterocycles. The van der Waals surface area contributed by atoms with Crippen LogP contribution in [0.2, 0.25) is 0 Å². The number of fused-ring (bicyclic) bond motifs is 2. The second kappa shape index (κ2) is 6.83. The van der Waals surface area contributed by atoms with Gasteiger partial charge in [0.05, 0.1) is 31.3 Å². The van der Waals surface area contributed by atoms with Crippen molar-refractivity contribution in [3.63, 3.8) is 0 Å². The van der Waals surface area contributed by atoms with Crippen LogP contribution in [0.15, 0.2) is 42.5 Å². The molecule has 2 N–H and O–H groups in total. The van der Waals surface area contributed by atoms with Gasteiger partial charge in [-0.25, -0.2) is 4.79 Å². The first-order chi connectivity index (χ1) is 13.7. The third-order valence-electron chi connectivity index (χ3n) is 5.67. The fourth-order valence-electron chi connectivity index (χ4n) is 4.03. The van der Waals surface area contributed by atoms with Gasteiger partial charge in [-0.15, -0.1) is 0 Å². The van der Waals surface area contributed by atoms with E-state index in [0.717, 1.165) is 59.8 Å². The highest BCUT2D eigenvalue weighted by Gasteiger charge is 2.28. The second-order valence-corrected chi connectivity index (χ2v) is 7.35. The lowest BCUT2D eigenvalue weighted by Gasteiger charge is -2.34. The smallest absolute Gasteiger partial charge is 0.322 e. The van der Waals surface area contributed by atoms with E-state index in [1.165, 1.54) is 0 Å². The molecule has 1 saturated heterocycles. The fourth-order valence-corrected chi connectivity index (χ4v) is 4.03. The van der Waals surface area contributed by atoms with Crippen LogP contribution in [0, 0.1) is 0 Å². The minimum atomic E-state index is -0.0730. The number of hydrogen-bond donors (Lipinski definition) is 2. The maximum Gasteiger partial charge on any atom is 0.322 e. The average molecular weight is 377 g/mol. The highest BCUT2D eigenvalue weighted by atomic mass is 16.5. The zero-order valence-electron chi connectivity index (χ0n) is 15.8. The molecule has 0 spiro atoms. The number of benzene rings is 2. The molecule has 0 unspecified atom stereocenters. The van der Waals surface area contributed by atoms with E-state index < -0.39 is 0 Å². The maximum absolute atomic E-state index is 12.7. The minimum Gasteiger partial charge on any atom is -0.378 e. The van der Waals surface area contributed by atoms with Crippen molar-refractivity contribution in [2.45, 2.75) is 19.5 Å². The van der Waals surface area contributed by atoms with Gasteiger partial charge in [-0.1, -0.05) is 30.3 Å². The van der Waals surface area contributed by atoms with Gasteiger partial charge >= 0.3 is 6.03 Å². The number of rotatable bonds is 3. The fraction of sp³-hybridized carbons (Fsp3) is 0.333. The summed E-state index contributed by atoms with van der Waals surface area (Å²) in [6.07, 6.45) is 0. The Morgan fingerprint density at radius 3 is 2.71 bits per heavy atom. The Hall–Kier alpha value is -3.06. The van der Waals surface area contributed by atoms with E-state index in [-0.39, 0.29) is 12.1 Å². The number of morpholine rings is 1. The molecule has 0 aliphatic carbocycles. The van der Waals surface area contributed by atoms with Gasteiger partial charge in [0, 0.05) is 24.2 Å². The van der Waals surface area contributed by atoms with Gasteiger partial charge in [-0.3, -0.25) is 5.10 Å². The first kappa shape index (κ1) is 17.1. The first-order valence-electron chi connectivity index (χ1n) is 9.67. The summed E-state index contributed by atoms with van der Waals surface area (Å²) in [6, 6.07) is 14.2. The van der Waals surface area contributed by atoms with Crippen LogP contribution < -0.4 is 10.2 Å². The lowest BCUT2D eigenvalue weighted by molar-refractivity contribution is 0.122. The Morgan fingerprint density at radius 1 is 1.14 bits per heavy atom. The topological polar surface area (TPSA) is 73.5 Å². The lowest BCUT2D eigenvalue weighted by Crippen LogP contribution is -2.40. The summed E-state index contributed by atoms with van der Waals surface area (Å²) in [5.41, 5.74) is 4.02. The summed E-state index contributed by atoms with van der Waals surface area (Å²) in [5, 5.41) is 11.8. The van der Waals surface area contributed by atoms with Crippen LogP contribution in [0.1, 0.15) is 24.1 Å². The maximum atomic E-state index is 12.7. The molecule has 7 nitrogen and oxygen atoms in total. The Kier molecular flexibility index (Phi) is 4.16. The molecule has 0 saturated carbocycles. The van der Waals surface area contributed by atoms with E-state index in [4.69, 9.17) is 4.74 Å². The number of ether oxygens (including phenoxy) is 1. The number of anilines is 2. The Morgan fingerprint density at radius 2 is 1.93 bits per heavy atom. The van der Waals surface area contributed by atoms with Crippen LogP contribution in [0.4, 0.5) is 16.3 Å². The summed E-state index contributed by atoms with van der Waals surface area (Å²) in [4.78, 5) is 16.9. The van der Waals surface area contributed by atoms with E-state index in [0.29, 0.717) is 6.54 Å². The van der Waals surface area contributed by atoms with E-state index >= 15 is 0 Å². The van der Waals surface area contributed by atoms with Gasteiger partial charge < -0.3 is 19.9 Å². The minimum absolute atomic E-state index is 0.00638. The van der Waals surface area contributed by atoms with Gasteiger partial charge in [0.25, 0.3) is 0 Å². The Bertz CT molecular complexity index is 1010. The van der Waals surface area contributed by atoms with Crippen LogP contribution >= 0.6 is 0 Å². The van der Waals surface area contributed by atoms with Crippen molar-refractivity contribution in [1.29, 1.82) is 0 Å². The van der Waals surface area contributed by atoms with Crippen LogP contribution in [0.5, 0.6) is 0 Å². The lowest BCUT2D eigenvalue weighted by atomic mass is 10.0. The number of hydrogen-bond acceptors (Lipinski definition) is 4. The van der Waals surface area contributed by atoms with Gasteiger partial charge in [0.15, 0.2) is 5.82 Å². The van der Waals surface area contributed by atoms with Crippen molar-refractivity contribution in [1.82, 2.24) is 15.1 Å². The van der Waals surface area contributed by atoms with Crippen molar-refractivity contribution in [2.24, 2.45) is 0 Å². The number of carbonyl (C=O) groups excluding carboxylic acids is 1. The summed E-state index contributed by atoms with van der Waals surface area (Å²) >= 11 is 0. The van der Waals surface area contributed by atoms with Gasteiger partial charge in [0.1, 0.15) is 0 Å². The quantitative estimate of drug-likeness (QED) is 0.733. The first-order valence-corrected chi connectivity index (χ1v) is 9.67. The predicted molar refractivity (Wildman–Crippen MR) is 109 cm³/mol. The number of amides is 2. The molecule has 3 aromatic rings. The molecule has 1 fully saturated rings. The Labute approximate surface area is 163 Å². The SMILES string of the molecule is C[C@H](c1ccccc1)N1Cc2cc3c(N4CCOCC4)n[nH]c3cc2NC1=O. The highest BCUT2D eigenvalue weighted by Crippen LogP contribution is 2.35. The normalized spacial score (nSPS) is 18.1. The number of H-pyrrole nitrogens is 1. The van der Waals surface area contributed by atoms with E-state index in [1.807, 2.05) is 29.2 Å². The number of nitrogens with zero attached hydrogens (tertiary/aromatic N) is 3. The van der Waals surface area contributed by atoms with Crippen molar-refractivity contribution in [3.8, 4) is 0 Å². The number of nitrogens with one attached hydrogen (secondary N) is 2. The van der Waals surface area contributed by atoms with Crippen LogP contribution in [0.3, 0.4) is 0 Å². The monoisotopic (exact) mass is 377 g/mol. The van der Waals surface area contributed by atoms with Crippen molar-refractivity contribution in [2.75, 3.05) is 36.5 Å². The predicted octanol–water partition coefficient (Wildman–Crippen LogP) is 3.51. The highest BCUT2D eigenvalue weighted by molar-refractivity contribution is 5.99. The van der Waals surface area contributed by atoms with E-state index in [9.17, 15) is 4.79 Å². The van der Waals surface area contributed by atoms with Gasteiger partial charge in [-0.2, -0.15) is 5.10 Å². The van der Waals surface area contributed by atoms with Crippen LogP contribution in [-0.4, -0.2) is 47.4 Å². The molecule has 0 bridgehead atoms. The molecule has 144 valence electrons. The standard InChI is InChI=1S/C21H23N5O2/c1-14(15-5-3-2-4-6-15)26-13-16-11-17-19(12-18(16)22-21(26)27)23-24-20(17)25-7-9-28-10-8-25/h2-6,11-12,14H,7-10,13H2,1H3,(H,22,27)(H,23,24)/t14-/m1/s1. The Balaban J connectivity index is 1.49. The van der Waals surface area contributed by atoms with Gasteiger partial charge in [-0.05, 0) is 30.2 Å². The summed E-state index contributed by atoms with van der Waals surface area (Å²) in [5.74, 6) is 0.959. The third kappa shape index (κ3) is 2.88. The molecule has 2 aromatic carbocycles. The van der Waals surface area contributed by atoms with Crippen LogP contribution in [0.25, 0.3) is 10.9 Å². The summed E-state index contributed by atoms with van der Waals surface area (Å²) < 4.78 is 5.46. The average Bonchev–Trinajstić information content (AvgIpc) is 3.15. The van der Waals surface area contributed by atoms with Crippen molar-refractivity contribution < 1.29 is 9.53 Å². The molecule has 5 rings (SSSR count). The molecule has 1 atom stereocenters. The third-order valence-corrected chi connectivity index (χ3v) is 5.67. The number of aromatic nitrogens is 2. The molecule has 2 aliphatic heterocycles. The number of carbonyl (C=O) groups is 1. The molecule has 28 heavy (non-hydrogen) atoms. The number of aromatic amines is 1. The zero-order chi connectivity index (χ0) is 19.1. The largest absolute Gasteiger partial charge is 0.378 e. The summed E-state index contributed by atoms with van der Waals surface area (Å²) in [6.45, 7) is 5.75. The van der Waals surface area contributed by atoms with Gasteiger partial charge in [0.2, 0.25) is 0 Å². The second-order valence-electron chi connectivity index (χ2n) is 7.35. The summed E-state index contributed by atoms with van der Waals surface area (Å²) in [7, 11) is 0. The number of urea groups is 1. The molecular formula is C21H23N5O2. The zero-order valence-corrected chi connectivity index (χ0v) is 15.8. The molecular weight excluding hydrogens is 354 g/mol. The molecule has 2 amide bonds. The van der Waals surface area contributed by atoms with Crippen molar-refractivity contribution >= 4 is 28.4 Å². The van der Waals surface area contributed by atoms with E-state index in [2.05, 4.69) is 45.5 Å². The molecule has 1 aromatic heterocycles. The van der Waals surface area contributed by atoms with Crippen LogP contribution in [-0.2, 0) is 11.3 Å². The molecule has 0 radical (unpaired) electrons. The molecule has 7 heteroatoms. The molecule has 2 aliphatic rings. The van der Waals surface area contributed by atoms with Crippen molar-refractivity contribution in [3.05, 3.63) is 53.6 Å². The van der Waals surface area contributed by atoms with E-state index in [1.54, 1.807) is 0 Å².